The summed E-state index contributed by atoms with van der Waals surface area (Å²) >= 11 is 0. The molecular weight excluding hydrogens is 516 g/mol. The molecule has 4 aromatic rings. The Balaban J connectivity index is 1.68. The van der Waals surface area contributed by atoms with Gasteiger partial charge in [-0.2, -0.15) is 0 Å². The molecule has 1 saturated carbocycles. The van der Waals surface area contributed by atoms with Crippen LogP contribution >= 0.6 is 0 Å². The Morgan fingerprint density at radius 2 is 1.73 bits per heavy atom. The molecule has 5 rings (SSSR count). The summed E-state index contributed by atoms with van der Waals surface area (Å²) < 4.78 is 36.6. The molecule has 0 radical (unpaired) electrons. The van der Waals surface area contributed by atoms with Gasteiger partial charge < -0.3 is 19.7 Å². The van der Waals surface area contributed by atoms with Crippen molar-refractivity contribution in [2.75, 3.05) is 12.4 Å². The van der Waals surface area contributed by atoms with Gasteiger partial charge in [0.05, 0.1) is 16.6 Å². The molecule has 1 aromatic heterocycles. The Morgan fingerprint density at radius 3 is 2.38 bits per heavy atom. The fourth-order valence-corrected chi connectivity index (χ4v) is 5.74. The number of benzene rings is 3. The van der Waals surface area contributed by atoms with E-state index in [1.54, 1.807) is 17.6 Å². The molecule has 0 saturated heterocycles. The zero-order valence-electron chi connectivity index (χ0n) is 22.4. The number of carboxylic acids is 1. The number of hydrogen-bond donors (Lipinski definition) is 2. The highest BCUT2D eigenvalue weighted by Gasteiger charge is 2.36. The molecule has 0 bridgehead atoms. The van der Waals surface area contributed by atoms with E-state index in [9.17, 15) is 23.5 Å². The molecule has 1 amide bonds. The number of aromatic carboxylic acids is 1. The van der Waals surface area contributed by atoms with Gasteiger partial charge in [0.15, 0.2) is 11.6 Å². The molecule has 1 unspecified atom stereocenters. The first-order valence-corrected chi connectivity index (χ1v) is 13.4. The summed E-state index contributed by atoms with van der Waals surface area (Å²) in [5.74, 6) is -3.17. The van der Waals surface area contributed by atoms with Crippen LogP contribution in [0.25, 0.3) is 11.0 Å². The molecule has 1 heterocycles. The molecule has 2 atom stereocenters. The van der Waals surface area contributed by atoms with Crippen molar-refractivity contribution in [2.24, 2.45) is 5.92 Å². The van der Waals surface area contributed by atoms with Crippen molar-refractivity contribution in [3.63, 3.8) is 0 Å². The first-order valence-electron chi connectivity index (χ1n) is 13.4. The van der Waals surface area contributed by atoms with Crippen molar-refractivity contribution in [3.8, 4) is 0 Å². The van der Waals surface area contributed by atoms with Gasteiger partial charge in [0, 0.05) is 24.9 Å². The van der Waals surface area contributed by atoms with E-state index < -0.39 is 29.7 Å². The van der Waals surface area contributed by atoms with E-state index in [2.05, 4.69) is 5.32 Å². The summed E-state index contributed by atoms with van der Waals surface area (Å²) in [6.45, 7) is 1.73. The lowest BCUT2D eigenvalue weighted by Gasteiger charge is -2.33. The van der Waals surface area contributed by atoms with Crippen molar-refractivity contribution in [1.29, 1.82) is 0 Å². The van der Waals surface area contributed by atoms with Gasteiger partial charge in [-0.3, -0.25) is 4.79 Å². The molecule has 1 aliphatic rings. The van der Waals surface area contributed by atoms with E-state index >= 15 is 0 Å². The van der Waals surface area contributed by atoms with Gasteiger partial charge in [-0.15, -0.1) is 0 Å². The summed E-state index contributed by atoms with van der Waals surface area (Å²) in [5.41, 5.74) is 2.50. The number of imidazole rings is 1. The van der Waals surface area contributed by atoms with E-state index in [4.69, 9.17) is 9.72 Å². The molecule has 208 valence electrons. The second-order valence-corrected chi connectivity index (χ2v) is 10.3. The lowest BCUT2D eigenvalue weighted by Crippen LogP contribution is -2.35. The van der Waals surface area contributed by atoms with Crippen molar-refractivity contribution >= 4 is 28.6 Å². The van der Waals surface area contributed by atoms with Crippen molar-refractivity contribution in [1.82, 2.24) is 9.55 Å². The Labute approximate surface area is 230 Å². The van der Waals surface area contributed by atoms with Crippen LogP contribution in [-0.2, 0) is 9.53 Å². The second-order valence-electron chi connectivity index (χ2n) is 10.3. The van der Waals surface area contributed by atoms with Crippen LogP contribution in [-0.4, -0.2) is 33.6 Å². The lowest BCUT2D eigenvalue weighted by molar-refractivity contribution is -0.121. The molecule has 40 heavy (non-hydrogen) atoms. The van der Waals surface area contributed by atoms with Gasteiger partial charge in [0.25, 0.3) is 0 Å². The van der Waals surface area contributed by atoms with Gasteiger partial charge in [-0.25, -0.2) is 18.6 Å². The molecule has 9 heteroatoms. The van der Waals surface area contributed by atoms with Crippen LogP contribution in [0.4, 0.5) is 14.5 Å². The largest absolute Gasteiger partial charge is 0.478 e. The number of methoxy groups -OCH3 is 1. The Kier molecular flexibility index (Phi) is 7.93. The minimum absolute atomic E-state index is 0.0927. The SMILES string of the molecule is CO[C@H](c1ccccc1)c1nc2cc(F)c(F)cc2n1C(C(=O)Nc1ccc(C(=O)O)cc1C)C1CCCCC1. The number of rotatable bonds is 8. The lowest BCUT2D eigenvalue weighted by atomic mass is 9.83. The number of nitrogens with zero attached hydrogens (tertiary/aromatic N) is 2. The number of aryl methyl sites for hydroxylation is 1. The molecule has 1 fully saturated rings. The van der Waals surface area contributed by atoms with E-state index in [1.807, 2.05) is 30.3 Å². The third-order valence-electron chi connectivity index (χ3n) is 7.71. The third-order valence-corrected chi connectivity index (χ3v) is 7.71. The van der Waals surface area contributed by atoms with Gasteiger partial charge in [0.1, 0.15) is 18.0 Å². The fourth-order valence-electron chi connectivity index (χ4n) is 5.74. The second kappa shape index (κ2) is 11.6. The number of ether oxygens (including phenoxy) is 1. The highest BCUT2D eigenvalue weighted by Crippen LogP contribution is 2.40. The van der Waals surface area contributed by atoms with Crippen LogP contribution in [0.5, 0.6) is 0 Å². The Morgan fingerprint density at radius 1 is 1.02 bits per heavy atom. The number of nitrogens with one attached hydrogen (secondary N) is 1. The van der Waals surface area contributed by atoms with E-state index in [1.165, 1.54) is 19.2 Å². The summed E-state index contributed by atoms with van der Waals surface area (Å²) in [6.07, 6.45) is 3.80. The fraction of sp³-hybridized carbons (Fsp3) is 0.323. The number of carbonyl (C=O) groups excluding carboxylic acids is 1. The highest BCUT2D eigenvalue weighted by atomic mass is 19.2. The van der Waals surface area contributed by atoms with Gasteiger partial charge in [-0.05, 0) is 55.0 Å². The maximum atomic E-state index is 14.7. The number of halogens is 2. The van der Waals surface area contributed by atoms with Crippen LogP contribution in [0, 0.1) is 24.5 Å². The highest BCUT2D eigenvalue weighted by molar-refractivity contribution is 5.97. The van der Waals surface area contributed by atoms with Crippen molar-refractivity contribution < 1.29 is 28.2 Å². The minimum Gasteiger partial charge on any atom is -0.478 e. The number of carboxylic acid groups (broad SMARTS) is 1. The molecule has 0 spiro atoms. The Bertz CT molecular complexity index is 1550. The van der Waals surface area contributed by atoms with Crippen LogP contribution in [0.2, 0.25) is 0 Å². The third kappa shape index (κ3) is 5.34. The normalized spacial score (nSPS) is 15.6. The Hall–Kier alpha value is -4.11. The number of aromatic nitrogens is 2. The molecule has 2 N–H and O–H groups in total. The van der Waals surface area contributed by atoms with Gasteiger partial charge in [0.2, 0.25) is 5.91 Å². The molecule has 1 aliphatic carbocycles. The zero-order chi connectivity index (χ0) is 28.4. The van der Waals surface area contributed by atoms with Gasteiger partial charge >= 0.3 is 5.97 Å². The molecule has 0 aliphatic heterocycles. The predicted octanol–water partition coefficient (Wildman–Crippen LogP) is 6.82. The van der Waals surface area contributed by atoms with Crippen molar-refractivity contribution in [3.05, 3.63) is 94.8 Å². The van der Waals surface area contributed by atoms with Crippen LogP contribution < -0.4 is 5.32 Å². The zero-order valence-corrected chi connectivity index (χ0v) is 22.4. The molecular formula is C31H31F2N3O4. The number of hydrogen-bond acceptors (Lipinski definition) is 4. The summed E-state index contributed by atoms with van der Waals surface area (Å²) in [4.78, 5) is 30.3. The van der Waals surface area contributed by atoms with E-state index in [0.717, 1.165) is 49.8 Å². The smallest absolute Gasteiger partial charge is 0.335 e. The monoisotopic (exact) mass is 547 g/mol. The number of carbonyl (C=O) groups is 2. The first-order chi connectivity index (χ1) is 19.3. The van der Waals surface area contributed by atoms with E-state index in [-0.39, 0.29) is 22.9 Å². The number of amides is 1. The number of anilines is 1. The number of fused-ring (bicyclic) bond motifs is 1. The standard InChI is InChI=1S/C31H31F2N3O4/c1-18-15-21(31(38)39)13-14-24(18)35-30(37)27(19-9-5-3-6-10-19)36-26-17-23(33)22(32)16-25(26)34-29(36)28(40-2)20-11-7-4-8-12-20/h4,7-8,11-17,19,27-28H,3,5-6,9-10H2,1-2H3,(H,35,37)(H,38,39)/t27?,28-/m1/s1. The molecule has 3 aromatic carbocycles. The average Bonchev–Trinajstić information content (AvgIpc) is 3.28. The topological polar surface area (TPSA) is 93.5 Å². The summed E-state index contributed by atoms with van der Waals surface area (Å²) in [7, 11) is 1.53. The first kappa shape index (κ1) is 27.5. The average molecular weight is 548 g/mol. The minimum atomic E-state index is -1.06. The van der Waals surface area contributed by atoms with E-state index in [0.29, 0.717) is 22.6 Å². The maximum Gasteiger partial charge on any atom is 0.335 e. The van der Waals surface area contributed by atoms with Crippen molar-refractivity contribution in [2.45, 2.75) is 51.2 Å². The predicted molar refractivity (Wildman–Crippen MR) is 147 cm³/mol. The molecule has 7 nitrogen and oxygen atoms in total. The van der Waals surface area contributed by atoms with Gasteiger partial charge in [-0.1, -0.05) is 49.6 Å². The van der Waals surface area contributed by atoms with Crippen LogP contribution in [0.15, 0.2) is 60.7 Å². The van der Waals surface area contributed by atoms with Crippen LogP contribution in [0.1, 0.15) is 71.6 Å². The van der Waals surface area contributed by atoms with Crippen LogP contribution in [0.3, 0.4) is 0 Å². The summed E-state index contributed by atoms with van der Waals surface area (Å²) in [5, 5.41) is 12.3. The quantitative estimate of drug-likeness (QED) is 0.253. The summed E-state index contributed by atoms with van der Waals surface area (Å²) in [6, 6.07) is 15.2. The maximum absolute atomic E-state index is 14.7.